The number of hydrogen-bond acceptors (Lipinski definition) is 3. The van der Waals surface area contributed by atoms with Gasteiger partial charge in [0.2, 0.25) is 0 Å². The van der Waals surface area contributed by atoms with Crippen molar-refractivity contribution in [3.8, 4) is 0 Å². The van der Waals surface area contributed by atoms with E-state index in [0.717, 1.165) is 19.4 Å². The molecule has 3 nitrogen and oxygen atoms in total. The molecule has 13 heavy (non-hydrogen) atoms. The first-order valence-corrected chi connectivity index (χ1v) is 4.91. The van der Waals surface area contributed by atoms with E-state index in [2.05, 4.69) is 5.32 Å². The summed E-state index contributed by atoms with van der Waals surface area (Å²) in [6, 6.07) is 0. The minimum absolute atomic E-state index is 0.173. The lowest BCUT2D eigenvalue weighted by atomic mass is 9.75. The molecule has 1 atom stereocenters. The van der Waals surface area contributed by atoms with Crippen LogP contribution in [-0.4, -0.2) is 24.4 Å². The van der Waals surface area contributed by atoms with Crippen molar-refractivity contribution in [3.63, 3.8) is 0 Å². The Balaban J connectivity index is 2.73. The van der Waals surface area contributed by atoms with Gasteiger partial charge in [-0.05, 0) is 19.4 Å². The highest BCUT2D eigenvalue weighted by atomic mass is 16.1. The van der Waals surface area contributed by atoms with E-state index in [9.17, 15) is 4.79 Å². The van der Waals surface area contributed by atoms with Gasteiger partial charge in [0.25, 0.3) is 0 Å². The third-order valence-corrected chi connectivity index (χ3v) is 2.55. The van der Waals surface area contributed by atoms with Crippen LogP contribution in [-0.2, 0) is 4.79 Å². The molecule has 0 unspecified atom stereocenters. The van der Waals surface area contributed by atoms with E-state index >= 15 is 0 Å². The Hall–Kier alpha value is -0.410. The molecule has 3 N–H and O–H groups in total. The Morgan fingerprint density at radius 3 is 2.46 bits per heavy atom. The second-order valence-corrected chi connectivity index (χ2v) is 5.02. The summed E-state index contributed by atoms with van der Waals surface area (Å²) in [5, 5.41) is 3.18. The zero-order chi connectivity index (χ0) is 10.1. The van der Waals surface area contributed by atoms with Crippen LogP contribution in [0.5, 0.6) is 0 Å². The molecule has 1 saturated heterocycles. The number of rotatable bonds is 1. The minimum atomic E-state index is -0.628. The highest BCUT2D eigenvalue weighted by molar-refractivity contribution is 5.92. The average Bonchev–Trinajstić information content (AvgIpc) is 2.03. The van der Waals surface area contributed by atoms with Crippen LogP contribution in [0.4, 0.5) is 0 Å². The van der Waals surface area contributed by atoms with E-state index in [0.29, 0.717) is 6.54 Å². The van der Waals surface area contributed by atoms with Crippen molar-refractivity contribution in [1.82, 2.24) is 5.32 Å². The average molecular weight is 184 g/mol. The maximum atomic E-state index is 12.0. The fraction of sp³-hybridized carbons (Fsp3) is 0.900. The Morgan fingerprint density at radius 2 is 2.08 bits per heavy atom. The molecule has 0 aliphatic carbocycles. The summed E-state index contributed by atoms with van der Waals surface area (Å²) in [6.07, 6.45) is 1.81. The Kier molecular flexibility index (Phi) is 2.78. The Labute approximate surface area is 80.1 Å². The summed E-state index contributed by atoms with van der Waals surface area (Å²) < 4.78 is 0. The topological polar surface area (TPSA) is 55.1 Å². The highest BCUT2D eigenvalue weighted by Crippen LogP contribution is 2.25. The summed E-state index contributed by atoms with van der Waals surface area (Å²) >= 11 is 0. The smallest absolute Gasteiger partial charge is 0.159 e. The van der Waals surface area contributed by atoms with Crippen LogP contribution in [0.3, 0.4) is 0 Å². The van der Waals surface area contributed by atoms with Crippen molar-refractivity contribution >= 4 is 5.78 Å². The van der Waals surface area contributed by atoms with Crippen LogP contribution in [0.2, 0.25) is 0 Å². The number of carbonyl (C=O) groups excluding carboxylic acids is 1. The molecule has 1 fully saturated rings. The van der Waals surface area contributed by atoms with Crippen LogP contribution in [0.15, 0.2) is 0 Å². The molecule has 0 aromatic rings. The normalized spacial score (nSPS) is 30.2. The third-order valence-electron chi connectivity index (χ3n) is 2.55. The van der Waals surface area contributed by atoms with Gasteiger partial charge in [0.05, 0.1) is 5.54 Å². The first kappa shape index (κ1) is 10.7. The molecule has 0 bridgehead atoms. The van der Waals surface area contributed by atoms with Crippen LogP contribution >= 0.6 is 0 Å². The fourth-order valence-corrected chi connectivity index (χ4v) is 1.87. The summed E-state index contributed by atoms with van der Waals surface area (Å²) in [6.45, 7) is 7.40. The monoisotopic (exact) mass is 184 g/mol. The van der Waals surface area contributed by atoms with Crippen LogP contribution in [0.25, 0.3) is 0 Å². The van der Waals surface area contributed by atoms with Gasteiger partial charge in [0.1, 0.15) is 0 Å². The van der Waals surface area contributed by atoms with E-state index in [1.54, 1.807) is 0 Å². The standard InChI is InChI=1S/C10H20N2O/c1-9(2,3)8(13)10(11)5-4-6-12-7-10/h12H,4-7,11H2,1-3H3/t10-/m0/s1. The van der Waals surface area contributed by atoms with Crippen molar-refractivity contribution in [2.24, 2.45) is 11.1 Å². The lowest BCUT2D eigenvalue weighted by molar-refractivity contribution is -0.132. The second kappa shape index (κ2) is 3.39. The zero-order valence-corrected chi connectivity index (χ0v) is 8.81. The van der Waals surface area contributed by atoms with Gasteiger partial charge in [-0.2, -0.15) is 0 Å². The Morgan fingerprint density at radius 1 is 1.46 bits per heavy atom. The molecular weight excluding hydrogens is 164 g/mol. The van der Waals surface area contributed by atoms with E-state index < -0.39 is 5.54 Å². The van der Waals surface area contributed by atoms with Crippen LogP contribution in [0, 0.1) is 5.41 Å². The van der Waals surface area contributed by atoms with Crippen LogP contribution < -0.4 is 11.1 Å². The lowest BCUT2D eigenvalue weighted by Gasteiger charge is -2.37. The van der Waals surface area contributed by atoms with Gasteiger partial charge >= 0.3 is 0 Å². The third kappa shape index (κ3) is 2.29. The van der Waals surface area contributed by atoms with Crippen LogP contribution in [0.1, 0.15) is 33.6 Å². The molecule has 1 rings (SSSR count). The van der Waals surface area contributed by atoms with E-state index in [1.807, 2.05) is 20.8 Å². The van der Waals surface area contributed by atoms with Gasteiger partial charge in [-0.25, -0.2) is 0 Å². The first-order valence-electron chi connectivity index (χ1n) is 4.91. The number of carbonyl (C=O) groups is 1. The van der Waals surface area contributed by atoms with Crippen molar-refractivity contribution in [2.75, 3.05) is 13.1 Å². The molecule has 0 aromatic carbocycles. The molecule has 0 radical (unpaired) electrons. The van der Waals surface area contributed by atoms with E-state index in [4.69, 9.17) is 5.73 Å². The summed E-state index contributed by atoms with van der Waals surface area (Å²) in [5.41, 5.74) is 5.12. The van der Waals surface area contributed by atoms with Crippen molar-refractivity contribution in [2.45, 2.75) is 39.2 Å². The zero-order valence-electron chi connectivity index (χ0n) is 8.81. The van der Waals surface area contributed by atoms with Gasteiger partial charge < -0.3 is 11.1 Å². The van der Waals surface area contributed by atoms with Gasteiger partial charge in [-0.3, -0.25) is 4.79 Å². The van der Waals surface area contributed by atoms with E-state index in [1.165, 1.54) is 0 Å². The summed E-state index contributed by atoms with van der Waals surface area (Å²) in [5.74, 6) is 0.173. The SMILES string of the molecule is CC(C)(C)C(=O)[C@]1(N)CCCNC1. The lowest BCUT2D eigenvalue weighted by Crippen LogP contribution is -2.61. The van der Waals surface area contributed by atoms with E-state index in [-0.39, 0.29) is 11.2 Å². The highest BCUT2D eigenvalue weighted by Gasteiger charge is 2.40. The summed E-state index contributed by atoms with van der Waals surface area (Å²) in [7, 11) is 0. The maximum Gasteiger partial charge on any atom is 0.159 e. The second-order valence-electron chi connectivity index (χ2n) is 5.02. The molecule has 0 aromatic heterocycles. The predicted molar refractivity (Wildman–Crippen MR) is 53.5 cm³/mol. The fourth-order valence-electron chi connectivity index (χ4n) is 1.87. The van der Waals surface area contributed by atoms with Crippen molar-refractivity contribution < 1.29 is 4.79 Å². The number of ketones is 1. The number of Topliss-reactive ketones (excluding diaryl/α,β-unsaturated/α-hetero) is 1. The quantitative estimate of drug-likeness (QED) is 0.630. The molecule has 0 spiro atoms. The largest absolute Gasteiger partial charge is 0.318 e. The van der Waals surface area contributed by atoms with Gasteiger partial charge in [-0.1, -0.05) is 20.8 Å². The molecule has 1 aliphatic rings. The number of piperidine rings is 1. The van der Waals surface area contributed by atoms with Crippen molar-refractivity contribution in [3.05, 3.63) is 0 Å². The van der Waals surface area contributed by atoms with Gasteiger partial charge in [0.15, 0.2) is 5.78 Å². The minimum Gasteiger partial charge on any atom is -0.318 e. The Bertz CT molecular complexity index is 199. The van der Waals surface area contributed by atoms with Gasteiger partial charge in [-0.15, -0.1) is 0 Å². The maximum absolute atomic E-state index is 12.0. The molecule has 0 saturated carbocycles. The van der Waals surface area contributed by atoms with Crippen molar-refractivity contribution in [1.29, 1.82) is 0 Å². The molecular formula is C10H20N2O. The molecule has 1 heterocycles. The molecule has 0 amide bonds. The van der Waals surface area contributed by atoms with Gasteiger partial charge in [0, 0.05) is 12.0 Å². The predicted octanol–water partition coefficient (Wildman–Crippen LogP) is 0.683. The molecule has 3 heteroatoms. The summed E-state index contributed by atoms with van der Waals surface area (Å²) in [4.78, 5) is 12.0. The molecule has 76 valence electrons. The number of hydrogen-bond donors (Lipinski definition) is 2. The first-order chi connectivity index (χ1) is 5.86. The number of nitrogens with two attached hydrogens (primary N) is 1. The molecule has 1 aliphatic heterocycles. The number of nitrogens with one attached hydrogen (secondary N) is 1.